The molecule has 2 aliphatic heterocycles. The summed E-state index contributed by atoms with van der Waals surface area (Å²) < 4.78 is 0. The third kappa shape index (κ3) is 2.45. The smallest absolute Gasteiger partial charge is 0.224 e. The van der Waals surface area contributed by atoms with E-state index in [1.54, 1.807) is 0 Å². The first-order valence-electron chi connectivity index (χ1n) is 8.42. The standard InChI is InChI=1S/C16H24N4O/c17-9-16(11-3-4-11,19-12-5-6-12)10-20-7-1-2-13-14(20)8-18-15(13)21/h11-14,19H,1-8,10H2,(H,18,21). The molecule has 0 radical (unpaired) electrons. The molecule has 2 heterocycles. The first-order valence-corrected chi connectivity index (χ1v) is 8.42. The summed E-state index contributed by atoms with van der Waals surface area (Å²) in [6.45, 7) is 2.58. The number of amides is 1. The summed E-state index contributed by atoms with van der Waals surface area (Å²) in [5, 5.41) is 16.5. The van der Waals surface area contributed by atoms with E-state index in [4.69, 9.17) is 0 Å². The molecule has 0 aromatic heterocycles. The van der Waals surface area contributed by atoms with Crippen LogP contribution in [-0.2, 0) is 4.79 Å². The van der Waals surface area contributed by atoms with Crippen molar-refractivity contribution in [2.24, 2.45) is 11.8 Å². The van der Waals surface area contributed by atoms with Crippen molar-refractivity contribution in [1.29, 1.82) is 5.26 Å². The number of nitrogens with one attached hydrogen (secondary N) is 2. The van der Waals surface area contributed by atoms with Crippen molar-refractivity contribution in [3.8, 4) is 6.07 Å². The summed E-state index contributed by atoms with van der Waals surface area (Å²) in [7, 11) is 0. The fourth-order valence-corrected chi connectivity index (χ4v) is 4.18. The summed E-state index contributed by atoms with van der Waals surface area (Å²) in [6, 6.07) is 3.48. The van der Waals surface area contributed by atoms with Crippen LogP contribution in [0.5, 0.6) is 0 Å². The van der Waals surface area contributed by atoms with E-state index in [0.717, 1.165) is 32.5 Å². The van der Waals surface area contributed by atoms with Gasteiger partial charge in [0.1, 0.15) is 5.54 Å². The maximum atomic E-state index is 11.9. The number of likely N-dealkylation sites (tertiary alicyclic amines) is 1. The predicted octanol–water partition coefficient (Wildman–Crippen LogP) is 0.621. The van der Waals surface area contributed by atoms with Crippen molar-refractivity contribution in [1.82, 2.24) is 15.5 Å². The lowest BCUT2D eigenvalue weighted by Gasteiger charge is -2.41. The second-order valence-corrected chi connectivity index (χ2v) is 7.31. The van der Waals surface area contributed by atoms with E-state index in [-0.39, 0.29) is 17.4 Å². The van der Waals surface area contributed by atoms with Crippen LogP contribution >= 0.6 is 0 Å². The molecule has 0 spiro atoms. The molecule has 3 unspecified atom stereocenters. The SMILES string of the molecule is N#CC(CN1CCCC2C(=O)NCC21)(NC1CC1)C1CC1. The number of hydrogen-bond donors (Lipinski definition) is 2. The molecule has 2 aliphatic carbocycles. The van der Waals surface area contributed by atoms with Gasteiger partial charge in [0.2, 0.25) is 5.91 Å². The van der Waals surface area contributed by atoms with Crippen molar-refractivity contribution in [2.75, 3.05) is 19.6 Å². The van der Waals surface area contributed by atoms with E-state index >= 15 is 0 Å². The average Bonchev–Trinajstić information content (AvgIpc) is 3.39. The molecule has 114 valence electrons. The van der Waals surface area contributed by atoms with E-state index < -0.39 is 0 Å². The van der Waals surface area contributed by atoms with Gasteiger partial charge in [-0.3, -0.25) is 15.0 Å². The summed E-state index contributed by atoms with van der Waals surface area (Å²) >= 11 is 0. The van der Waals surface area contributed by atoms with Gasteiger partial charge in [-0.1, -0.05) is 0 Å². The summed E-state index contributed by atoms with van der Waals surface area (Å²) in [5.74, 6) is 0.873. The molecule has 3 atom stereocenters. The van der Waals surface area contributed by atoms with Gasteiger partial charge in [0.15, 0.2) is 0 Å². The third-order valence-electron chi connectivity index (χ3n) is 5.68. The Balaban J connectivity index is 1.51. The minimum Gasteiger partial charge on any atom is -0.354 e. The zero-order valence-corrected chi connectivity index (χ0v) is 12.5. The largest absolute Gasteiger partial charge is 0.354 e. The second kappa shape index (κ2) is 4.96. The van der Waals surface area contributed by atoms with Gasteiger partial charge in [0.25, 0.3) is 0 Å². The Bertz CT molecular complexity index is 479. The molecular weight excluding hydrogens is 264 g/mol. The molecule has 2 saturated carbocycles. The number of carbonyl (C=O) groups excluding carboxylic acids is 1. The summed E-state index contributed by atoms with van der Waals surface area (Å²) in [4.78, 5) is 14.3. The number of carbonyl (C=O) groups is 1. The number of piperidine rings is 1. The Morgan fingerprint density at radius 1 is 1.33 bits per heavy atom. The zero-order valence-electron chi connectivity index (χ0n) is 12.5. The van der Waals surface area contributed by atoms with Crippen molar-refractivity contribution >= 4 is 5.91 Å². The van der Waals surface area contributed by atoms with Crippen LogP contribution in [0.4, 0.5) is 0 Å². The lowest BCUT2D eigenvalue weighted by Crippen LogP contribution is -2.59. The highest BCUT2D eigenvalue weighted by molar-refractivity contribution is 5.82. The molecule has 4 fully saturated rings. The lowest BCUT2D eigenvalue weighted by atomic mass is 9.87. The Morgan fingerprint density at radius 3 is 2.81 bits per heavy atom. The first-order chi connectivity index (χ1) is 10.2. The van der Waals surface area contributed by atoms with Crippen LogP contribution in [0.3, 0.4) is 0 Å². The van der Waals surface area contributed by atoms with Gasteiger partial charge in [-0.25, -0.2) is 0 Å². The number of nitrogens with zero attached hydrogens (tertiary/aromatic N) is 2. The van der Waals surface area contributed by atoms with Crippen LogP contribution in [0.1, 0.15) is 38.5 Å². The molecule has 2 N–H and O–H groups in total. The minimum atomic E-state index is -0.380. The minimum absolute atomic E-state index is 0.148. The molecule has 2 saturated heterocycles. The monoisotopic (exact) mass is 288 g/mol. The van der Waals surface area contributed by atoms with Crippen molar-refractivity contribution in [3.05, 3.63) is 0 Å². The van der Waals surface area contributed by atoms with Crippen molar-refractivity contribution in [3.63, 3.8) is 0 Å². The Morgan fingerprint density at radius 2 is 2.14 bits per heavy atom. The molecule has 5 nitrogen and oxygen atoms in total. The Kier molecular flexibility index (Phi) is 3.20. The highest BCUT2D eigenvalue weighted by atomic mass is 16.2. The predicted molar refractivity (Wildman–Crippen MR) is 78.3 cm³/mol. The highest BCUT2D eigenvalue weighted by Gasteiger charge is 2.51. The average molecular weight is 288 g/mol. The van der Waals surface area contributed by atoms with E-state index in [9.17, 15) is 10.1 Å². The Hall–Kier alpha value is -1.12. The lowest BCUT2D eigenvalue weighted by molar-refractivity contribution is -0.124. The quantitative estimate of drug-likeness (QED) is 0.778. The first kappa shape index (κ1) is 13.5. The molecule has 21 heavy (non-hydrogen) atoms. The fraction of sp³-hybridized carbons (Fsp3) is 0.875. The highest BCUT2D eigenvalue weighted by Crippen LogP contribution is 2.43. The zero-order chi connectivity index (χ0) is 14.4. The normalized spacial score (nSPS) is 35.7. The summed E-state index contributed by atoms with van der Waals surface area (Å²) in [5.41, 5.74) is -0.380. The Labute approximate surface area is 126 Å². The van der Waals surface area contributed by atoms with Crippen molar-refractivity contribution < 1.29 is 4.79 Å². The van der Waals surface area contributed by atoms with Gasteiger partial charge in [0.05, 0.1) is 12.0 Å². The molecule has 0 aromatic rings. The van der Waals surface area contributed by atoms with Crippen LogP contribution in [0, 0.1) is 23.2 Å². The van der Waals surface area contributed by atoms with Crippen LogP contribution in [0.25, 0.3) is 0 Å². The molecule has 0 bridgehead atoms. The molecule has 4 aliphatic rings. The van der Waals surface area contributed by atoms with Gasteiger partial charge in [-0.2, -0.15) is 5.26 Å². The van der Waals surface area contributed by atoms with Crippen LogP contribution in [0.15, 0.2) is 0 Å². The van der Waals surface area contributed by atoms with Gasteiger partial charge < -0.3 is 5.32 Å². The fourth-order valence-electron chi connectivity index (χ4n) is 4.18. The van der Waals surface area contributed by atoms with Gasteiger partial charge in [-0.15, -0.1) is 0 Å². The number of rotatable bonds is 5. The van der Waals surface area contributed by atoms with E-state index in [2.05, 4.69) is 21.6 Å². The van der Waals surface area contributed by atoms with E-state index in [1.165, 1.54) is 25.7 Å². The van der Waals surface area contributed by atoms with Crippen LogP contribution < -0.4 is 10.6 Å². The molecule has 4 rings (SSSR count). The third-order valence-corrected chi connectivity index (χ3v) is 5.68. The maximum absolute atomic E-state index is 11.9. The maximum Gasteiger partial charge on any atom is 0.224 e. The topological polar surface area (TPSA) is 68.2 Å². The molecule has 5 heteroatoms. The second-order valence-electron chi connectivity index (χ2n) is 7.31. The molecule has 0 aromatic carbocycles. The van der Waals surface area contributed by atoms with Gasteiger partial charge in [-0.05, 0) is 51.0 Å². The molecular formula is C16H24N4O. The number of hydrogen-bond acceptors (Lipinski definition) is 4. The van der Waals surface area contributed by atoms with E-state index in [1.807, 2.05) is 0 Å². The van der Waals surface area contributed by atoms with Gasteiger partial charge in [0, 0.05) is 25.2 Å². The number of fused-ring (bicyclic) bond motifs is 1. The summed E-state index contributed by atoms with van der Waals surface area (Å²) in [6.07, 6.45) is 6.85. The molecule has 1 amide bonds. The number of nitriles is 1. The van der Waals surface area contributed by atoms with E-state index in [0.29, 0.717) is 18.0 Å². The van der Waals surface area contributed by atoms with Crippen molar-refractivity contribution in [2.45, 2.75) is 56.1 Å². The van der Waals surface area contributed by atoms with Crippen LogP contribution in [-0.4, -0.2) is 48.1 Å². The van der Waals surface area contributed by atoms with Crippen LogP contribution in [0.2, 0.25) is 0 Å². The van der Waals surface area contributed by atoms with Gasteiger partial charge >= 0.3 is 0 Å².